The Labute approximate surface area is 299 Å². The molecule has 11 heteroatoms. The van der Waals surface area contributed by atoms with Gasteiger partial charge in [0, 0.05) is 42.7 Å². The monoisotopic (exact) mass is 696 g/mol. The number of benzene rings is 3. The molecule has 1 amide bonds. The Balaban J connectivity index is 1.21. The lowest BCUT2D eigenvalue weighted by atomic mass is 9.79. The SMILES string of the molecule is Cc1cc(CN)c(OCc2cncc(C(N)=O)c2)cc1OCc1cccc(-c2cccc(OCCCN3CCC(CO)(C(=O)O)CC3)c2C)c1C. The molecule has 0 radical (unpaired) electrons. The zero-order valence-corrected chi connectivity index (χ0v) is 29.6. The standard InChI is InChI=1S/C40H48N4O7/c1-26-17-31(20-41)37(50-23-29-18-32(38(42)46)22-43-21-29)19-36(26)51-24-30-7-4-8-33(27(30)2)34-9-5-10-35(28(34)3)49-16-6-13-44-14-11-40(25-45,12-15-44)39(47)48/h4-5,7-10,17-19,21-22,45H,6,11-16,20,23-25,41H2,1-3H3,(H2,42,46)(H,47,48). The molecule has 51 heavy (non-hydrogen) atoms. The van der Waals surface area contributed by atoms with E-state index in [2.05, 4.69) is 41.9 Å². The van der Waals surface area contributed by atoms with Crippen LogP contribution in [0.4, 0.5) is 0 Å². The number of rotatable bonds is 16. The Morgan fingerprint density at radius 3 is 2.25 bits per heavy atom. The molecule has 1 aromatic heterocycles. The van der Waals surface area contributed by atoms with Gasteiger partial charge in [-0.05, 0) is 105 Å². The fourth-order valence-electron chi connectivity index (χ4n) is 6.51. The van der Waals surface area contributed by atoms with Crippen molar-refractivity contribution in [2.24, 2.45) is 16.9 Å². The summed E-state index contributed by atoms with van der Waals surface area (Å²) < 4.78 is 18.7. The first-order valence-electron chi connectivity index (χ1n) is 17.3. The molecule has 1 fully saturated rings. The van der Waals surface area contributed by atoms with Crippen LogP contribution < -0.4 is 25.7 Å². The number of nitrogens with two attached hydrogens (primary N) is 2. The molecule has 0 unspecified atom stereocenters. The summed E-state index contributed by atoms with van der Waals surface area (Å²) in [5, 5.41) is 19.2. The van der Waals surface area contributed by atoms with Crippen molar-refractivity contribution in [2.45, 2.75) is 59.8 Å². The molecule has 1 aliphatic rings. The molecule has 0 aliphatic carbocycles. The van der Waals surface area contributed by atoms with Gasteiger partial charge in [0.2, 0.25) is 5.91 Å². The van der Waals surface area contributed by atoms with E-state index in [-0.39, 0.29) is 13.2 Å². The first kappa shape index (κ1) is 37.3. The summed E-state index contributed by atoms with van der Waals surface area (Å²) in [6.45, 7) is 9.32. The zero-order chi connectivity index (χ0) is 36.5. The summed E-state index contributed by atoms with van der Waals surface area (Å²) in [5.41, 5.74) is 18.6. The van der Waals surface area contributed by atoms with E-state index in [0.717, 1.165) is 57.7 Å². The number of primary amides is 1. The lowest BCUT2D eigenvalue weighted by Crippen LogP contribution is -2.46. The minimum Gasteiger partial charge on any atom is -0.493 e. The Bertz CT molecular complexity index is 1850. The Morgan fingerprint density at radius 1 is 0.863 bits per heavy atom. The summed E-state index contributed by atoms with van der Waals surface area (Å²) >= 11 is 0. The molecule has 2 heterocycles. The highest BCUT2D eigenvalue weighted by Crippen LogP contribution is 2.35. The molecule has 1 saturated heterocycles. The fourth-order valence-corrected chi connectivity index (χ4v) is 6.51. The average molecular weight is 697 g/mol. The normalized spacial score (nSPS) is 14.2. The lowest BCUT2D eigenvalue weighted by molar-refractivity contribution is -0.155. The quantitative estimate of drug-likeness (QED) is 0.113. The topological polar surface area (TPSA) is 170 Å². The lowest BCUT2D eigenvalue weighted by Gasteiger charge is -2.37. The van der Waals surface area contributed by atoms with Crippen molar-refractivity contribution in [1.82, 2.24) is 9.88 Å². The van der Waals surface area contributed by atoms with Gasteiger partial charge in [0.05, 0.1) is 24.2 Å². The van der Waals surface area contributed by atoms with Crippen LogP contribution in [0, 0.1) is 26.2 Å². The van der Waals surface area contributed by atoms with Gasteiger partial charge in [-0.15, -0.1) is 0 Å². The van der Waals surface area contributed by atoms with E-state index in [0.29, 0.717) is 68.3 Å². The number of carbonyl (C=O) groups excluding carboxylic acids is 1. The van der Waals surface area contributed by atoms with Crippen molar-refractivity contribution >= 4 is 11.9 Å². The van der Waals surface area contributed by atoms with Crippen molar-refractivity contribution < 1.29 is 34.0 Å². The van der Waals surface area contributed by atoms with E-state index in [1.54, 1.807) is 12.3 Å². The van der Waals surface area contributed by atoms with Crippen LogP contribution in [-0.2, 0) is 24.6 Å². The van der Waals surface area contributed by atoms with Gasteiger partial charge in [-0.2, -0.15) is 0 Å². The number of hydrogen-bond donors (Lipinski definition) is 4. The molecule has 270 valence electrons. The number of carbonyl (C=O) groups is 2. The van der Waals surface area contributed by atoms with Gasteiger partial charge in [0.25, 0.3) is 0 Å². The van der Waals surface area contributed by atoms with Crippen LogP contribution in [0.15, 0.2) is 67.0 Å². The number of hydrogen-bond acceptors (Lipinski definition) is 9. The van der Waals surface area contributed by atoms with Gasteiger partial charge >= 0.3 is 5.97 Å². The summed E-state index contributed by atoms with van der Waals surface area (Å²) in [5.74, 6) is 0.649. The summed E-state index contributed by atoms with van der Waals surface area (Å²) in [6.07, 6.45) is 4.77. The number of ether oxygens (including phenoxy) is 3. The number of aliphatic carboxylic acids is 1. The second-order valence-corrected chi connectivity index (χ2v) is 13.3. The van der Waals surface area contributed by atoms with Crippen LogP contribution in [0.2, 0.25) is 0 Å². The number of aromatic nitrogens is 1. The van der Waals surface area contributed by atoms with E-state index in [4.69, 9.17) is 25.7 Å². The number of aryl methyl sites for hydroxylation is 1. The van der Waals surface area contributed by atoms with E-state index in [1.165, 1.54) is 6.20 Å². The molecule has 0 atom stereocenters. The highest BCUT2D eigenvalue weighted by Gasteiger charge is 2.40. The Morgan fingerprint density at radius 2 is 1.57 bits per heavy atom. The third-order valence-corrected chi connectivity index (χ3v) is 9.90. The van der Waals surface area contributed by atoms with Crippen LogP contribution in [-0.4, -0.2) is 64.8 Å². The summed E-state index contributed by atoms with van der Waals surface area (Å²) in [6, 6.07) is 17.8. The van der Waals surface area contributed by atoms with Gasteiger partial charge in [0.1, 0.15) is 30.5 Å². The molecule has 0 bridgehead atoms. The van der Waals surface area contributed by atoms with Crippen molar-refractivity contribution in [3.05, 3.63) is 106 Å². The number of pyridine rings is 1. The first-order valence-corrected chi connectivity index (χ1v) is 17.3. The van der Waals surface area contributed by atoms with Crippen LogP contribution in [0.5, 0.6) is 17.2 Å². The molecule has 3 aromatic carbocycles. The number of amides is 1. The van der Waals surface area contributed by atoms with Crippen LogP contribution >= 0.6 is 0 Å². The van der Waals surface area contributed by atoms with Crippen LogP contribution in [0.25, 0.3) is 11.1 Å². The molecule has 5 rings (SSSR count). The molecule has 1 aliphatic heterocycles. The third kappa shape index (κ3) is 8.86. The second-order valence-electron chi connectivity index (χ2n) is 13.3. The van der Waals surface area contributed by atoms with Crippen molar-refractivity contribution in [2.75, 3.05) is 32.8 Å². The number of carboxylic acid groups (broad SMARTS) is 1. The van der Waals surface area contributed by atoms with Crippen LogP contribution in [0.3, 0.4) is 0 Å². The number of aliphatic hydroxyl groups is 1. The van der Waals surface area contributed by atoms with Gasteiger partial charge < -0.3 is 40.8 Å². The van der Waals surface area contributed by atoms with Crippen molar-refractivity contribution in [1.29, 1.82) is 0 Å². The van der Waals surface area contributed by atoms with E-state index >= 15 is 0 Å². The highest BCUT2D eigenvalue weighted by molar-refractivity contribution is 5.92. The van der Waals surface area contributed by atoms with E-state index in [1.807, 2.05) is 37.3 Å². The van der Waals surface area contributed by atoms with Gasteiger partial charge in [-0.3, -0.25) is 14.6 Å². The molecule has 11 nitrogen and oxygen atoms in total. The van der Waals surface area contributed by atoms with Crippen molar-refractivity contribution in [3.63, 3.8) is 0 Å². The fraction of sp³-hybridized carbons (Fsp3) is 0.375. The zero-order valence-electron chi connectivity index (χ0n) is 29.6. The predicted molar refractivity (Wildman–Crippen MR) is 195 cm³/mol. The molecule has 0 spiro atoms. The molecular weight excluding hydrogens is 648 g/mol. The maximum Gasteiger partial charge on any atom is 0.312 e. The number of carboxylic acids is 1. The van der Waals surface area contributed by atoms with Crippen LogP contribution in [0.1, 0.15) is 63.0 Å². The van der Waals surface area contributed by atoms with Gasteiger partial charge in [-0.25, -0.2) is 0 Å². The average Bonchev–Trinajstić information content (AvgIpc) is 3.13. The van der Waals surface area contributed by atoms with Crippen molar-refractivity contribution in [3.8, 4) is 28.4 Å². The number of likely N-dealkylation sites (tertiary alicyclic amines) is 1. The highest BCUT2D eigenvalue weighted by atomic mass is 16.5. The maximum absolute atomic E-state index is 11.6. The molecular formula is C40H48N4O7. The van der Waals surface area contributed by atoms with Gasteiger partial charge in [-0.1, -0.05) is 30.3 Å². The van der Waals surface area contributed by atoms with Gasteiger partial charge in [0.15, 0.2) is 0 Å². The summed E-state index contributed by atoms with van der Waals surface area (Å²) in [7, 11) is 0. The Hall–Kier alpha value is -4.97. The smallest absolute Gasteiger partial charge is 0.312 e. The Kier molecular flexibility index (Phi) is 12.3. The number of piperidine rings is 1. The van der Waals surface area contributed by atoms with E-state index in [9.17, 15) is 19.8 Å². The summed E-state index contributed by atoms with van der Waals surface area (Å²) in [4.78, 5) is 29.5. The predicted octanol–water partition coefficient (Wildman–Crippen LogP) is 5.32. The maximum atomic E-state index is 11.6. The first-order chi connectivity index (χ1) is 24.5. The molecule has 0 saturated carbocycles. The number of nitrogens with zero attached hydrogens (tertiary/aromatic N) is 2. The largest absolute Gasteiger partial charge is 0.493 e. The molecule has 6 N–H and O–H groups in total. The van der Waals surface area contributed by atoms with E-state index < -0.39 is 17.3 Å². The molecule has 4 aromatic rings. The third-order valence-electron chi connectivity index (χ3n) is 9.90. The minimum atomic E-state index is -1.01. The number of aliphatic hydroxyl groups excluding tert-OH is 1. The second kappa shape index (κ2) is 16.8. The minimum absolute atomic E-state index is 0.186.